The van der Waals surface area contributed by atoms with Gasteiger partial charge in [-0.3, -0.25) is 0 Å². The van der Waals surface area contributed by atoms with Gasteiger partial charge in [-0.2, -0.15) is 18.4 Å². The molecule has 13 heavy (non-hydrogen) atoms. The van der Waals surface area contributed by atoms with E-state index in [1.807, 2.05) is 0 Å². The molecule has 1 rings (SSSR count). The van der Waals surface area contributed by atoms with Crippen molar-refractivity contribution in [1.82, 2.24) is 0 Å². The highest BCUT2D eigenvalue weighted by atomic mass is 35.5. The molecule has 5 heteroatoms. The Morgan fingerprint density at radius 1 is 1.23 bits per heavy atom. The van der Waals surface area contributed by atoms with Gasteiger partial charge in [-0.05, 0) is 18.2 Å². The number of nitriles is 1. The summed E-state index contributed by atoms with van der Waals surface area (Å²) < 4.78 is 36.0. The van der Waals surface area contributed by atoms with Crippen LogP contribution >= 0.6 is 12.4 Å². The predicted molar refractivity (Wildman–Crippen MR) is 43.4 cm³/mol. The van der Waals surface area contributed by atoms with E-state index >= 15 is 0 Å². The quantitative estimate of drug-likeness (QED) is 0.642. The maximum atomic E-state index is 12.0. The minimum absolute atomic E-state index is 0. The van der Waals surface area contributed by atoms with Crippen molar-refractivity contribution in [3.05, 3.63) is 35.4 Å². The maximum absolute atomic E-state index is 12.0. The second kappa shape index (κ2) is 4.15. The Morgan fingerprint density at radius 2 is 1.85 bits per heavy atom. The summed E-state index contributed by atoms with van der Waals surface area (Å²) in [7, 11) is 0. The third-order valence-electron chi connectivity index (χ3n) is 1.32. The molecule has 0 N–H and O–H groups in total. The van der Waals surface area contributed by atoms with E-state index in [0.717, 1.165) is 12.1 Å². The van der Waals surface area contributed by atoms with Crippen LogP contribution in [0.15, 0.2) is 24.3 Å². The molecule has 0 radical (unpaired) electrons. The van der Waals surface area contributed by atoms with Gasteiger partial charge in [0, 0.05) is 0 Å². The molecule has 0 fully saturated rings. The normalized spacial score (nSPS) is 10.0. The van der Waals surface area contributed by atoms with Crippen LogP contribution in [-0.4, -0.2) is 0 Å². The van der Waals surface area contributed by atoms with Gasteiger partial charge in [0.05, 0.1) is 17.2 Å². The number of rotatable bonds is 0. The summed E-state index contributed by atoms with van der Waals surface area (Å²) in [5.41, 5.74) is -0.772. The number of hydrogen-bond acceptors (Lipinski definition) is 1. The Kier molecular flexibility index (Phi) is 3.76. The van der Waals surface area contributed by atoms with Gasteiger partial charge in [0.2, 0.25) is 0 Å². The summed E-state index contributed by atoms with van der Waals surface area (Å²) in [6.45, 7) is 0. The first kappa shape index (κ1) is 11.8. The molecule has 0 saturated heterocycles. The number of hydrogen-bond donors (Lipinski definition) is 0. The predicted octanol–water partition coefficient (Wildman–Crippen LogP) is 3.00. The molecule has 0 aromatic heterocycles. The molecule has 70 valence electrons. The summed E-state index contributed by atoms with van der Waals surface area (Å²) in [5.74, 6) is 0. The Hall–Kier alpha value is -1.21. The Balaban J connectivity index is 0.00000144. The van der Waals surface area contributed by atoms with Crippen LogP contribution in [0.2, 0.25) is 0 Å². The van der Waals surface area contributed by atoms with Crippen LogP contribution in [0.25, 0.3) is 0 Å². The van der Waals surface area contributed by atoms with Crippen molar-refractivity contribution in [2.24, 2.45) is 0 Å². The summed E-state index contributed by atoms with van der Waals surface area (Å²) in [6.07, 6.45) is -4.37. The minimum atomic E-state index is -4.37. The van der Waals surface area contributed by atoms with Gasteiger partial charge in [0.15, 0.2) is 0 Å². The number of halogens is 4. The van der Waals surface area contributed by atoms with Crippen molar-refractivity contribution in [3.63, 3.8) is 0 Å². The molecular formula is C8H5ClF3N. The van der Waals surface area contributed by atoms with Crippen molar-refractivity contribution in [1.29, 1.82) is 5.26 Å². The average molecular weight is 208 g/mol. The van der Waals surface area contributed by atoms with E-state index in [9.17, 15) is 13.2 Å². The summed E-state index contributed by atoms with van der Waals surface area (Å²) >= 11 is 0. The smallest absolute Gasteiger partial charge is 0.192 e. The van der Waals surface area contributed by atoms with Gasteiger partial charge in [0.1, 0.15) is 0 Å². The Bertz CT molecular complexity index is 327. The van der Waals surface area contributed by atoms with Crippen LogP contribution in [0.4, 0.5) is 13.2 Å². The van der Waals surface area contributed by atoms with Gasteiger partial charge >= 0.3 is 6.18 Å². The zero-order valence-electron chi connectivity index (χ0n) is 6.30. The first-order valence-corrected chi connectivity index (χ1v) is 3.11. The molecule has 0 saturated carbocycles. The third kappa shape index (κ3) is 2.96. The van der Waals surface area contributed by atoms with Crippen molar-refractivity contribution in [3.8, 4) is 6.07 Å². The largest absolute Gasteiger partial charge is 0.416 e. The van der Waals surface area contributed by atoms with Gasteiger partial charge in [-0.1, -0.05) is 6.07 Å². The molecule has 0 aliphatic rings. The monoisotopic (exact) mass is 207 g/mol. The second-order valence-electron chi connectivity index (χ2n) is 2.19. The van der Waals surface area contributed by atoms with Crippen molar-refractivity contribution < 1.29 is 13.2 Å². The van der Waals surface area contributed by atoms with E-state index in [1.54, 1.807) is 6.07 Å². The standard InChI is InChI=1S/C8H4F3N.ClH/c9-8(10,11)7-3-1-2-6(4-7)5-12;/h1-4H;1H. The van der Waals surface area contributed by atoms with E-state index in [-0.39, 0.29) is 18.0 Å². The number of nitrogens with zero attached hydrogens (tertiary/aromatic N) is 1. The average Bonchev–Trinajstić information content (AvgIpc) is 2.03. The highest BCUT2D eigenvalue weighted by Crippen LogP contribution is 2.29. The van der Waals surface area contributed by atoms with Crippen molar-refractivity contribution in [2.45, 2.75) is 6.18 Å². The van der Waals surface area contributed by atoms with Crippen LogP contribution < -0.4 is 0 Å². The lowest BCUT2D eigenvalue weighted by molar-refractivity contribution is -0.137. The lowest BCUT2D eigenvalue weighted by Gasteiger charge is -2.05. The SMILES string of the molecule is Cl.N#Cc1cccc(C(F)(F)F)c1. The maximum Gasteiger partial charge on any atom is 0.416 e. The molecule has 0 amide bonds. The molecule has 1 aromatic rings. The van der Waals surface area contributed by atoms with Crippen LogP contribution in [0, 0.1) is 11.3 Å². The summed E-state index contributed by atoms with van der Waals surface area (Å²) in [6, 6.07) is 5.93. The fourth-order valence-electron chi connectivity index (χ4n) is 0.765. The Labute approximate surface area is 79.2 Å². The fourth-order valence-corrected chi connectivity index (χ4v) is 0.765. The topological polar surface area (TPSA) is 23.8 Å². The lowest BCUT2D eigenvalue weighted by Crippen LogP contribution is -2.04. The van der Waals surface area contributed by atoms with Gasteiger partial charge < -0.3 is 0 Å². The molecule has 0 aliphatic heterocycles. The van der Waals surface area contributed by atoms with Gasteiger partial charge in [-0.25, -0.2) is 0 Å². The fraction of sp³-hybridized carbons (Fsp3) is 0.125. The third-order valence-corrected chi connectivity index (χ3v) is 1.32. The van der Waals surface area contributed by atoms with E-state index in [1.165, 1.54) is 12.1 Å². The zero-order chi connectivity index (χ0) is 9.19. The van der Waals surface area contributed by atoms with Gasteiger partial charge in [0.25, 0.3) is 0 Å². The minimum Gasteiger partial charge on any atom is -0.192 e. The first-order chi connectivity index (χ1) is 5.54. The second-order valence-corrected chi connectivity index (χ2v) is 2.19. The molecule has 0 bridgehead atoms. The van der Waals surface area contributed by atoms with E-state index in [4.69, 9.17) is 5.26 Å². The van der Waals surface area contributed by atoms with Crippen LogP contribution in [0.5, 0.6) is 0 Å². The molecule has 0 atom stereocenters. The van der Waals surface area contributed by atoms with E-state index < -0.39 is 11.7 Å². The molecular weight excluding hydrogens is 203 g/mol. The first-order valence-electron chi connectivity index (χ1n) is 3.11. The van der Waals surface area contributed by atoms with Crippen molar-refractivity contribution >= 4 is 12.4 Å². The number of alkyl halides is 3. The lowest BCUT2D eigenvalue weighted by atomic mass is 10.1. The van der Waals surface area contributed by atoms with Crippen molar-refractivity contribution in [2.75, 3.05) is 0 Å². The molecule has 1 aromatic carbocycles. The van der Waals surface area contributed by atoms with E-state index in [2.05, 4.69) is 0 Å². The number of benzene rings is 1. The molecule has 0 heterocycles. The highest BCUT2D eigenvalue weighted by molar-refractivity contribution is 5.85. The highest BCUT2D eigenvalue weighted by Gasteiger charge is 2.30. The summed E-state index contributed by atoms with van der Waals surface area (Å²) in [5, 5.41) is 8.31. The zero-order valence-corrected chi connectivity index (χ0v) is 7.12. The molecule has 0 spiro atoms. The van der Waals surface area contributed by atoms with Crippen LogP contribution in [0.3, 0.4) is 0 Å². The molecule has 0 unspecified atom stereocenters. The van der Waals surface area contributed by atoms with E-state index in [0.29, 0.717) is 0 Å². The Morgan fingerprint density at radius 3 is 2.31 bits per heavy atom. The molecule has 0 aliphatic carbocycles. The molecule has 1 nitrogen and oxygen atoms in total. The van der Waals surface area contributed by atoms with Crippen LogP contribution in [-0.2, 0) is 6.18 Å². The van der Waals surface area contributed by atoms with Crippen LogP contribution in [0.1, 0.15) is 11.1 Å². The van der Waals surface area contributed by atoms with Gasteiger partial charge in [-0.15, -0.1) is 12.4 Å². The summed E-state index contributed by atoms with van der Waals surface area (Å²) in [4.78, 5) is 0.